The van der Waals surface area contributed by atoms with Gasteiger partial charge >= 0.3 is 0 Å². The molecular formula is C30H36N6O. The number of nitrogens with zero attached hydrogens (tertiary/aromatic N) is 5. The van der Waals surface area contributed by atoms with Crippen LogP contribution in [-0.4, -0.2) is 64.5 Å². The van der Waals surface area contributed by atoms with Gasteiger partial charge in [-0.1, -0.05) is 6.07 Å². The van der Waals surface area contributed by atoms with E-state index >= 15 is 0 Å². The van der Waals surface area contributed by atoms with Gasteiger partial charge in [-0.25, -0.2) is 4.98 Å². The highest BCUT2D eigenvalue weighted by molar-refractivity contribution is 5.94. The van der Waals surface area contributed by atoms with Crippen LogP contribution < -0.4 is 5.32 Å². The number of aryl methyl sites for hydroxylation is 2. The molecule has 1 N–H and O–H groups in total. The number of carbonyl (C=O) groups excluding carboxylic acids is 1. The van der Waals surface area contributed by atoms with Crippen molar-refractivity contribution in [1.82, 2.24) is 24.3 Å². The average Bonchev–Trinajstić information content (AvgIpc) is 3.23. The first-order valence-electron chi connectivity index (χ1n) is 13.0. The number of hydrogen-bond acceptors (Lipinski definition) is 5. The number of amides is 1. The van der Waals surface area contributed by atoms with E-state index in [1.807, 2.05) is 31.6 Å². The summed E-state index contributed by atoms with van der Waals surface area (Å²) >= 11 is 0. The highest BCUT2D eigenvalue weighted by Crippen LogP contribution is 2.33. The topological polar surface area (TPSA) is 66.3 Å². The zero-order valence-corrected chi connectivity index (χ0v) is 22.5. The fourth-order valence-electron chi connectivity index (χ4n) is 5.50. The van der Waals surface area contributed by atoms with E-state index in [2.05, 4.69) is 69.1 Å². The Kier molecular flexibility index (Phi) is 6.98. The lowest BCUT2D eigenvalue weighted by molar-refractivity contribution is 0.0827. The quantitative estimate of drug-likeness (QED) is 0.404. The number of nitrogens with one attached hydrogen (secondary N) is 1. The van der Waals surface area contributed by atoms with E-state index in [9.17, 15) is 4.79 Å². The molecule has 7 nitrogen and oxygen atoms in total. The number of rotatable bonds is 6. The third-order valence-corrected chi connectivity index (χ3v) is 7.69. The first-order chi connectivity index (χ1) is 17.9. The molecular weight excluding hydrogens is 460 g/mol. The summed E-state index contributed by atoms with van der Waals surface area (Å²) in [6.07, 6.45) is 5.99. The molecule has 0 unspecified atom stereocenters. The number of anilines is 1. The third kappa shape index (κ3) is 4.96. The van der Waals surface area contributed by atoms with Crippen molar-refractivity contribution in [3.63, 3.8) is 0 Å². The number of pyridine rings is 2. The zero-order chi connectivity index (χ0) is 26.1. The van der Waals surface area contributed by atoms with Gasteiger partial charge in [0.2, 0.25) is 0 Å². The van der Waals surface area contributed by atoms with Crippen LogP contribution in [0.15, 0.2) is 54.9 Å². The molecule has 0 atom stereocenters. The molecule has 1 aliphatic heterocycles. The lowest BCUT2D eigenvalue weighted by Gasteiger charge is -2.33. The van der Waals surface area contributed by atoms with E-state index in [1.165, 1.54) is 16.8 Å². The highest BCUT2D eigenvalue weighted by atomic mass is 16.2. The molecule has 3 aromatic heterocycles. The van der Waals surface area contributed by atoms with Gasteiger partial charge < -0.3 is 14.8 Å². The van der Waals surface area contributed by atoms with E-state index < -0.39 is 0 Å². The van der Waals surface area contributed by atoms with E-state index in [-0.39, 0.29) is 5.91 Å². The second-order valence-electron chi connectivity index (χ2n) is 10.3. The summed E-state index contributed by atoms with van der Waals surface area (Å²) in [6, 6.07) is 14.6. The van der Waals surface area contributed by atoms with E-state index in [1.54, 1.807) is 19.0 Å². The number of fused-ring (bicyclic) bond motifs is 1. The molecule has 7 heteroatoms. The first kappa shape index (κ1) is 25.0. The van der Waals surface area contributed by atoms with Crippen LogP contribution in [0.4, 0.5) is 5.69 Å². The Morgan fingerprint density at radius 1 is 1.08 bits per heavy atom. The van der Waals surface area contributed by atoms with Crippen LogP contribution in [-0.2, 0) is 13.6 Å². The standard InChI is InChI=1S/C30H36N6O/c1-20-16-22(30(37)34(3)4)6-8-25(20)21-11-14-36(15-12-21)19-24-17-27-26(10-13-32-29(27)35(24)5)28-9-7-23(31-2)18-33-28/h6-10,13,16-18,21,31H,11-12,14-15,19H2,1-5H3. The zero-order valence-electron chi connectivity index (χ0n) is 22.5. The lowest BCUT2D eigenvalue weighted by Crippen LogP contribution is -2.33. The molecule has 1 saturated heterocycles. The summed E-state index contributed by atoms with van der Waals surface area (Å²) in [6.45, 7) is 5.14. The average molecular weight is 497 g/mol. The molecule has 1 fully saturated rings. The molecule has 0 bridgehead atoms. The van der Waals surface area contributed by atoms with Gasteiger partial charge in [0.15, 0.2) is 0 Å². The molecule has 5 rings (SSSR count). The van der Waals surface area contributed by atoms with Gasteiger partial charge in [0, 0.05) is 63.1 Å². The monoisotopic (exact) mass is 496 g/mol. The van der Waals surface area contributed by atoms with Crippen LogP contribution in [0, 0.1) is 6.92 Å². The van der Waals surface area contributed by atoms with Crippen LogP contribution in [0.3, 0.4) is 0 Å². The summed E-state index contributed by atoms with van der Waals surface area (Å²) < 4.78 is 2.22. The van der Waals surface area contributed by atoms with E-state index in [4.69, 9.17) is 0 Å². The maximum Gasteiger partial charge on any atom is 0.253 e. The van der Waals surface area contributed by atoms with Crippen molar-refractivity contribution >= 4 is 22.6 Å². The number of piperidine rings is 1. The molecule has 0 spiro atoms. The number of aromatic nitrogens is 3. The first-order valence-corrected chi connectivity index (χ1v) is 13.0. The SMILES string of the molecule is CNc1ccc(-c2ccnc3c2cc(CN2CCC(c4ccc(C(=O)N(C)C)cc4C)CC2)n3C)nc1. The second kappa shape index (κ2) is 10.3. The Bertz CT molecular complexity index is 1410. The van der Waals surface area contributed by atoms with Gasteiger partial charge in [-0.05, 0) is 86.3 Å². The predicted molar refractivity (Wildman–Crippen MR) is 150 cm³/mol. The van der Waals surface area contributed by atoms with Crippen molar-refractivity contribution in [2.45, 2.75) is 32.2 Å². The fourth-order valence-corrected chi connectivity index (χ4v) is 5.50. The van der Waals surface area contributed by atoms with Gasteiger partial charge in [-0.15, -0.1) is 0 Å². The van der Waals surface area contributed by atoms with Gasteiger partial charge in [0.05, 0.1) is 17.6 Å². The van der Waals surface area contributed by atoms with E-state index in [0.29, 0.717) is 5.92 Å². The molecule has 1 aromatic carbocycles. The number of carbonyl (C=O) groups is 1. The van der Waals surface area contributed by atoms with Crippen molar-refractivity contribution < 1.29 is 4.79 Å². The number of likely N-dealkylation sites (tertiary alicyclic amines) is 1. The van der Waals surface area contributed by atoms with Crippen LogP contribution in [0.1, 0.15) is 45.9 Å². The number of hydrogen-bond donors (Lipinski definition) is 1. The molecule has 37 heavy (non-hydrogen) atoms. The van der Waals surface area contributed by atoms with Crippen molar-refractivity contribution in [2.24, 2.45) is 7.05 Å². The van der Waals surface area contributed by atoms with Crippen molar-refractivity contribution in [2.75, 3.05) is 39.5 Å². The molecule has 1 amide bonds. The van der Waals surface area contributed by atoms with Gasteiger partial charge in [0.25, 0.3) is 5.91 Å². The Morgan fingerprint density at radius 2 is 1.86 bits per heavy atom. The van der Waals surface area contributed by atoms with Gasteiger partial charge in [0.1, 0.15) is 5.65 Å². The Hall–Kier alpha value is -3.71. The number of benzene rings is 1. The normalized spacial score (nSPS) is 14.7. The largest absolute Gasteiger partial charge is 0.387 e. The minimum atomic E-state index is 0.0582. The van der Waals surface area contributed by atoms with Crippen LogP contribution in [0.25, 0.3) is 22.3 Å². The maximum absolute atomic E-state index is 12.3. The summed E-state index contributed by atoms with van der Waals surface area (Å²) in [5.41, 5.74) is 8.69. The van der Waals surface area contributed by atoms with Gasteiger partial charge in [-0.2, -0.15) is 0 Å². The molecule has 192 valence electrons. The maximum atomic E-state index is 12.3. The summed E-state index contributed by atoms with van der Waals surface area (Å²) in [5, 5.41) is 4.27. The van der Waals surface area contributed by atoms with Crippen molar-refractivity contribution in [3.8, 4) is 11.3 Å². The summed E-state index contributed by atoms with van der Waals surface area (Å²) in [7, 11) is 7.61. The lowest BCUT2D eigenvalue weighted by atomic mass is 9.86. The minimum Gasteiger partial charge on any atom is -0.387 e. The van der Waals surface area contributed by atoms with Crippen molar-refractivity contribution in [3.05, 3.63) is 77.2 Å². The molecule has 0 saturated carbocycles. The third-order valence-electron chi connectivity index (χ3n) is 7.69. The summed E-state index contributed by atoms with van der Waals surface area (Å²) in [4.78, 5) is 25.9. The van der Waals surface area contributed by atoms with Crippen LogP contribution in [0.5, 0.6) is 0 Å². The fraction of sp³-hybridized carbons (Fsp3) is 0.367. The van der Waals surface area contributed by atoms with Crippen molar-refractivity contribution in [1.29, 1.82) is 0 Å². The van der Waals surface area contributed by atoms with Gasteiger partial charge in [-0.3, -0.25) is 14.7 Å². The molecule has 1 aliphatic rings. The highest BCUT2D eigenvalue weighted by Gasteiger charge is 2.24. The molecule has 0 aliphatic carbocycles. The Balaban J connectivity index is 1.29. The minimum absolute atomic E-state index is 0.0582. The predicted octanol–water partition coefficient (Wildman–Crippen LogP) is 5.07. The smallest absolute Gasteiger partial charge is 0.253 e. The Morgan fingerprint density at radius 3 is 2.51 bits per heavy atom. The van der Waals surface area contributed by atoms with Crippen LogP contribution >= 0.6 is 0 Å². The molecule has 4 aromatic rings. The molecule has 0 radical (unpaired) electrons. The Labute approximate surface area is 219 Å². The van der Waals surface area contributed by atoms with E-state index in [0.717, 1.165) is 66.0 Å². The summed E-state index contributed by atoms with van der Waals surface area (Å²) in [5.74, 6) is 0.593. The second-order valence-corrected chi connectivity index (χ2v) is 10.3. The molecule has 4 heterocycles. The van der Waals surface area contributed by atoms with Crippen LogP contribution in [0.2, 0.25) is 0 Å².